The predicted molar refractivity (Wildman–Crippen MR) is 97.1 cm³/mol. The fraction of sp³-hybridized carbons (Fsp3) is 0.850. The van der Waals surface area contributed by atoms with E-state index in [4.69, 9.17) is 4.74 Å². The zero-order valence-electron chi connectivity index (χ0n) is 16.3. The van der Waals surface area contributed by atoms with Gasteiger partial charge in [0.15, 0.2) is 0 Å². The minimum absolute atomic E-state index is 0.0983. The molecule has 148 valence electrons. The average molecular weight is 367 g/mol. The molecular weight excluding hydrogens is 334 g/mol. The van der Waals surface area contributed by atoms with Crippen LogP contribution in [0, 0.1) is 17.3 Å². The molecule has 0 spiro atoms. The molecule has 0 bridgehead atoms. The van der Waals surface area contributed by atoms with Crippen molar-refractivity contribution in [3.63, 3.8) is 0 Å². The monoisotopic (exact) mass is 367 g/mol. The summed E-state index contributed by atoms with van der Waals surface area (Å²) < 4.78 is 6.03. The van der Waals surface area contributed by atoms with E-state index in [2.05, 4.69) is 6.08 Å². The molecule has 0 aromatic carbocycles. The van der Waals surface area contributed by atoms with Crippen molar-refractivity contribution in [2.24, 2.45) is 17.3 Å². The molecule has 3 aliphatic rings. The Morgan fingerprint density at radius 2 is 2.12 bits per heavy atom. The first-order valence-electron chi connectivity index (χ1n) is 9.71. The number of fused-ring (bicyclic) bond motifs is 1. The highest BCUT2D eigenvalue weighted by Gasteiger charge is 2.74. The number of hydrogen-bond acceptors (Lipinski definition) is 5. The Morgan fingerprint density at radius 3 is 2.65 bits per heavy atom. The highest BCUT2D eigenvalue weighted by Crippen LogP contribution is 2.55. The van der Waals surface area contributed by atoms with Crippen LogP contribution in [0.15, 0.2) is 12.2 Å². The number of hydrogen-bond donors (Lipinski definition) is 3. The third-order valence-corrected chi connectivity index (χ3v) is 6.56. The predicted octanol–water partition coefficient (Wildman–Crippen LogP) is 1.44. The Bertz CT molecular complexity index is 581. The highest BCUT2D eigenvalue weighted by molar-refractivity contribution is 5.85. The third kappa shape index (κ3) is 2.65. The van der Waals surface area contributed by atoms with Crippen molar-refractivity contribution < 1.29 is 24.9 Å². The summed E-state index contributed by atoms with van der Waals surface area (Å²) in [5.74, 6) is -1.11. The Morgan fingerprint density at radius 1 is 1.42 bits per heavy atom. The number of allylic oxidation sites excluding steroid dienone is 1. The van der Waals surface area contributed by atoms with Crippen molar-refractivity contribution in [1.29, 1.82) is 0 Å². The largest absolute Gasteiger partial charge is 0.396 e. The molecule has 0 radical (unpaired) electrons. The summed E-state index contributed by atoms with van der Waals surface area (Å²) in [5.41, 5.74) is -3.05. The summed E-state index contributed by atoms with van der Waals surface area (Å²) in [4.78, 5) is 14.9. The number of carbonyl (C=O) groups excluding carboxylic acids is 1. The van der Waals surface area contributed by atoms with E-state index in [1.165, 1.54) is 0 Å². The van der Waals surface area contributed by atoms with Crippen LogP contribution in [0.4, 0.5) is 0 Å². The van der Waals surface area contributed by atoms with Crippen LogP contribution in [0.25, 0.3) is 0 Å². The van der Waals surface area contributed by atoms with E-state index >= 15 is 0 Å². The molecule has 2 aliphatic heterocycles. The van der Waals surface area contributed by atoms with Crippen LogP contribution < -0.4 is 0 Å². The summed E-state index contributed by atoms with van der Waals surface area (Å²) >= 11 is 0. The lowest BCUT2D eigenvalue weighted by Crippen LogP contribution is -2.67. The Balaban J connectivity index is 2.09. The van der Waals surface area contributed by atoms with E-state index < -0.39 is 29.4 Å². The molecule has 2 saturated heterocycles. The fourth-order valence-electron chi connectivity index (χ4n) is 5.13. The van der Waals surface area contributed by atoms with Crippen molar-refractivity contribution in [3.8, 4) is 0 Å². The quantitative estimate of drug-likeness (QED) is 0.654. The molecule has 1 amide bonds. The molecular formula is C20H33NO5. The van der Waals surface area contributed by atoms with Gasteiger partial charge in [-0.25, -0.2) is 0 Å². The van der Waals surface area contributed by atoms with Crippen molar-refractivity contribution in [2.45, 2.75) is 76.9 Å². The smallest absolute Gasteiger partial charge is 0.231 e. The zero-order chi connectivity index (χ0) is 19.3. The minimum Gasteiger partial charge on any atom is -0.396 e. The molecule has 3 N–H and O–H groups in total. The molecule has 3 rings (SSSR count). The maximum atomic E-state index is 13.3. The number of amides is 1. The molecule has 0 aromatic rings. The number of ether oxygens (including phenoxy) is 1. The number of nitrogens with zero attached hydrogens (tertiary/aromatic N) is 1. The summed E-state index contributed by atoms with van der Waals surface area (Å²) in [6.07, 6.45) is 5.59. The van der Waals surface area contributed by atoms with E-state index in [0.717, 1.165) is 19.3 Å². The first-order chi connectivity index (χ1) is 12.1. The standard InChI is InChI=1S/C20H33NO5/c1-18(2,3)17-21-16(24)14(10-11-22)19(4,25)20(21,12-26-17)15(23)13-8-6-5-7-9-13/h6,8,13-15,17,22-23,25H,5,7,9-12H2,1-4H3/t13?,14-,15-,17-,19-,20?/m0/s1. The van der Waals surface area contributed by atoms with Crippen LogP contribution >= 0.6 is 0 Å². The lowest BCUT2D eigenvalue weighted by molar-refractivity contribution is -0.149. The van der Waals surface area contributed by atoms with Crippen LogP contribution in [0.3, 0.4) is 0 Å². The van der Waals surface area contributed by atoms with E-state index in [0.29, 0.717) is 0 Å². The molecule has 2 heterocycles. The molecule has 6 atom stereocenters. The number of carbonyl (C=O) groups is 1. The van der Waals surface area contributed by atoms with Crippen LogP contribution in [-0.4, -0.2) is 62.8 Å². The second-order valence-corrected chi connectivity index (χ2v) is 9.34. The first kappa shape index (κ1) is 19.8. The number of aliphatic hydroxyl groups excluding tert-OH is 2. The van der Waals surface area contributed by atoms with Crippen LogP contribution in [0.1, 0.15) is 53.4 Å². The van der Waals surface area contributed by atoms with Gasteiger partial charge in [-0.2, -0.15) is 0 Å². The third-order valence-electron chi connectivity index (χ3n) is 6.56. The second-order valence-electron chi connectivity index (χ2n) is 9.34. The van der Waals surface area contributed by atoms with Crippen molar-refractivity contribution in [1.82, 2.24) is 4.90 Å². The van der Waals surface area contributed by atoms with Gasteiger partial charge in [0.2, 0.25) is 5.91 Å². The first-order valence-corrected chi connectivity index (χ1v) is 9.71. The van der Waals surface area contributed by atoms with Crippen LogP contribution in [-0.2, 0) is 9.53 Å². The molecule has 6 heteroatoms. The van der Waals surface area contributed by atoms with Gasteiger partial charge in [0.05, 0.1) is 18.6 Å². The molecule has 2 fully saturated rings. The van der Waals surface area contributed by atoms with Gasteiger partial charge in [-0.05, 0) is 32.6 Å². The topological polar surface area (TPSA) is 90.2 Å². The van der Waals surface area contributed by atoms with Gasteiger partial charge < -0.3 is 25.0 Å². The summed E-state index contributed by atoms with van der Waals surface area (Å²) in [5, 5.41) is 32.4. The van der Waals surface area contributed by atoms with Crippen LogP contribution in [0.5, 0.6) is 0 Å². The van der Waals surface area contributed by atoms with Gasteiger partial charge in [0.25, 0.3) is 0 Å². The SMILES string of the molecule is CC(C)(C)[C@@H]1OCC2([C@@H](O)C3C=CCCC3)N1C(=O)[C@H](CCO)[C@]2(C)O. The summed E-state index contributed by atoms with van der Waals surface area (Å²) in [6, 6.07) is 0. The van der Waals surface area contributed by atoms with Gasteiger partial charge in [0.1, 0.15) is 17.4 Å². The Hall–Kier alpha value is -0.950. The van der Waals surface area contributed by atoms with E-state index in [1.807, 2.05) is 26.8 Å². The molecule has 2 unspecified atom stereocenters. The van der Waals surface area contributed by atoms with E-state index in [1.54, 1.807) is 11.8 Å². The number of rotatable bonds is 4. The Labute approximate surface area is 155 Å². The van der Waals surface area contributed by atoms with Crippen molar-refractivity contribution in [2.75, 3.05) is 13.2 Å². The maximum Gasteiger partial charge on any atom is 0.231 e. The lowest BCUT2D eigenvalue weighted by Gasteiger charge is -2.47. The maximum absolute atomic E-state index is 13.3. The Kier molecular flexibility index (Phi) is 5.02. The molecule has 1 aliphatic carbocycles. The summed E-state index contributed by atoms with van der Waals surface area (Å²) in [6.45, 7) is 7.50. The normalized spacial score (nSPS) is 41.6. The van der Waals surface area contributed by atoms with Crippen molar-refractivity contribution in [3.05, 3.63) is 12.2 Å². The van der Waals surface area contributed by atoms with E-state index in [-0.39, 0.29) is 36.9 Å². The van der Waals surface area contributed by atoms with Crippen molar-refractivity contribution >= 4 is 5.91 Å². The highest BCUT2D eigenvalue weighted by atomic mass is 16.5. The molecule has 6 nitrogen and oxygen atoms in total. The number of aliphatic hydroxyl groups is 3. The van der Waals surface area contributed by atoms with Crippen LogP contribution in [0.2, 0.25) is 0 Å². The minimum atomic E-state index is -1.49. The van der Waals surface area contributed by atoms with E-state index in [9.17, 15) is 20.1 Å². The lowest BCUT2D eigenvalue weighted by atomic mass is 9.68. The summed E-state index contributed by atoms with van der Waals surface area (Å²) in [7, 11) is 0. The molecule has 26 heavy (non-hydrogen) atoms. The van der Waals surface area contributed by atoms with Gasteiger partial charge in [-0.3, -0.25) is 4.79 Å². The molecule has 0 saturated carbocycles. The van der Waals surface area contributed by atoms with Gasteiger partial charge in [-0.1, -0.05) is 32.9 Å². The average Bonchev–Trinajstić information content (AvgIpc) is 3.07. The second kappa shape index (κ2) is 6.59. The molecule has 0 aromatic heterocycles. The fourth-order valence-corrected chi connectivity index (χ4v) is 5.13. The van der Waals surface area contributed by atoms with Gasteiger partial charge >= 0.3 is 0 Å². The zero-order valence-corrected chi connectivity index (χ0v) is 16.3. The van der Waals surface area contributed by atoms with Gasteiger partial charge in [-0.15, -0.1) is 0 Å². The van der Waals surface area contributed by atoms with Gasteiger partial charge in [0, 0.05) is 17.9 Å².